The molecule has 0 bridgehead atoms. The number of halogens is 1. The zero-order valence-electron chi connectivity index (χ0n) is 12.4. The van der Waals surface area contributed by atoms with Gasteiger partial charge in [0.05, 0.1) is 5.69 Å². The third-order valence-corrected chi connectivity index (χ3v) is 4.03. The summed E-state index contributed by atoms with van der Waals surface area (Å²) in [5, 5.41) is 4.33. The number of nitrogens with zero attached hydrogens (tertiary/aromatic N) is 3. The number of cyclic esters (lactones) is 1. The van der Waals surface area contributed by atoms with Crippen molar-refractivity contribution in [2.24, 2.45) is 12.0 Å². The van der Waals surface area contributed by atoms with Crippen LogP contribution in [0, 0.1) is 13.8 Å². The van der Waals surface area contributed by atoms with E-state index in [1.807, 2.05) is 45.2 Å². The minimum absolute atomic E-state index is 0.286. The van der Waals surface area contributed by atoms with Crippen molar-refractivity contribution >= 4 is 33.9 Å². The van der Waals surface area contributed by atoms with Crippen LogP contribution in [0.25, 0.3) is 6.08 Å². The van der Waals surface area contributed by atoms with Crippen LogP contribution in [-0.2, 0) is 16.6 Å². The first-order valence-electron chi connectivity index (χ1n) is 6.74. The number of hydrogen-bond acceptors (Lipinski definition) is 4. The summed E-state index contributed by atoms with van der Waals surface area (Å²) < 4.78 is 7.95. The molecule has 0 spiro atoms. The molecule has 1 aliphatic heterocycles. The van der Waals surface area contributed by atoms with Gasteiger partial charge in [-0.3, -0.25) is 4.68 Å². The van der Waals surface area contributed by atoms with E-state index in [1.165, 1.54) is 0 Å². The SMILES string of the molecule is Cc1nn(C)c(C)c1C=C1N=C(c2cccc(Br)c2)OC1=O. The van der Waals surface area contributed by atoms with E-state index in [9.17, 15) is 4.79 Å². The van der Waals surface area contributed by atoms with Crippen molar-refractivity contribution in [3.63, 3.8) is 0 Å². The van der Waals surface area contributed by atoms with Crippen LogP contribution in [0.1, 0.15) is 22.5 Å². The van der Waals surface area contributed by atoms with E-state index in [0.29, 0.717) is 5.90 Å². The predicted octanol–water partition coefficient (Wildman–Crippen LogP) is 3.14. The van der Waals surface area contributed by atoms with E-state index in [2.05, 4.69) is 26.0 Å². The first-order chi connectivity index (χ1) is 10.5. The summed E-state index contributed by atoms with van der Waals surface area (Å²) in [6, 6.07) is 7.48. The molecule has 0 fully saturated rings. The van der Waals surface area contributed by atoms with Crippen molar-refractivity contribution in [1.29, 1.82) is 0 Å². The Morgan fingerprint density at radius 1 is 1.32 bits per heavy atom. The summed E-state index contributed by atoms with van der Waals surface area (Å²) in [6.45, 7) is 3.85. The lowest BCUT2D eigenvalue weighted by Gasteiger charge is -1.99. The first-order valence-corrected chi connectivity index (χ1v) is 7.53. The van der Waals surface area contributed by atoms with Gasteiger partial charge in [0.1, 0.15) is 0 Å². The Labute approximate surface area is 136 Å². The Bertz CT molecular complexity index is 834. The van der Waals surface area contributed by atoms with Gasteiger partial charge in [-0.15, -0.1) is 0 Å². The molecule has 0 aliphatic carbocycles. The smallest absolute Gasteiger partial charge is 0.363 e. The lowest BCUT2D eigenvalue weighted by molar-refractivity contribution is -0.129. The van der Waals surface area contributed by atoms with Gasteiger partial charge in [0.25, 0.3) is 0 Å². The average Bonchev–Trinajstić information content (AvgIpc) is 2.95. The lowest BCUT2D eigenvalue weighted by atomic mass is 10.1. The highest BCUT2D eigenvalue weighted by Gasteiger charge is 2.25. The minimum atomic E-state index is -0.447. The van der Waals surface area contributed by atoms with Crippen molar-refractivity contribution in [3.05, 3.63) is 56.9 Å². The summed E-state index contributed by atoms with van der Waals surface area (Å²) in [5.41, 5.74) is 3.77. The average molecular weight is 360 g/mol. The summed E-state index contributed by atoms with van der Waals surface area (Å²) in [5.74, 6) is -0.130. The third kappa shape index (κ3) is 2.62. The Morgan fingerprint density at radius 2 is 2.09 bits per heavy atom. The second-order valence-corrected chi connectivity index (χ2v) is 5.97. The molecule has 1 aromatic carbocycles. The number of carbonyl (C=O) groups is 1. The Morgan fingerprint density at radius 3 is 2.73 bits per heavy atom. The van der Waals surface area contributed by atoms with Gasteiger partial charge in [0.15, 0.2) is 5.70 Å². The molecular weight excluding hydrogens is 346 g/mol. The van der Waals surface area contributed by atoms with Crippen molar-refractivity contribution in [3.8, 4) is 0 Å². The van der Waals surface area contributed by atoms with Gasteiger partial charge in [-0.25, -0.2) is 9.79 Å². The largest absolute Gasteiger partial charge is 0.402 e. The Kier molecular flexibility index (Phi) is 3.70. The lowest BCUT2D eigenvalue weighted by Crippen LogP contribution is -2.05. The molecule has 0 saturated heterocycles. The van der Waals surface area contributed by atoms with E-state index < -0.39 is 5.97 Å². The van der Waals surface area contributed by atoms with Crippen molar-refractivity contribution in [2.45, 2.75) is 13.8 Å². The van der Waals surface area contributed by atoms with E-state index in [4.69, 9.17) is 4.74 Å². The monoisotopic (exact) mass is 359 g/mol. The first kappa shape index (κ1) is 14.7. The molecule has 5 nitrogen and oxygen atoms in total. The topological polar surface area (TPSA) is 56.5 Å². The summed E-state index contributed by atoms with van der Waals surface area (Å²) in [7, 11) is 1.87. The van der Waals surface area contributed by atoms with Crippen molar-refractivity contribution in [2.75, 3.05) is 0 Å². The second-order valence-electron chi connectivity index (χ2n) is 5.05. The maximum Gasteiger partial charge on any atom is 0.363 e. The molecule has 0 N–H and O–H groups in total. The van der Waals surface area contributed by atoms with E-state index >= 15 is 0 Å². The highest BCUT2D eigenvalue weighted by Crippen LogP contribution is 2.23. The number of aliphatic imine (C=N–C) groups is 1. The van der Waals surface area contributed by atoms with E-state index in [0.717, 1.165) is 27.0 Å². The van der Waals surface area contributed by atoms with Gasteiger partial charge in [-0.05, 0) is 38.1 Å². The molecule has 1 aromatic heterocycles. The number of aromatic nitrogens is 2. The van der Waals surface area contributed by atoms with E-state index in [-0.39, 0.29) is 5.70 Å². The fraction of sp³-hybridized carbons (Fsp3) is 0.188. The molecule has 0 saturated carbocycles. The van der Waals surface area contributed by atoms with Gasteiger partial charge in [-0.1, -0.05) is 22.0 Å². The number of esters is 1. The van der Waals surface area contributed by atoms with E-state index in [1.54, 1.807) is 10.8 Å². The van der Waals surface area contributed by atoms with Gasteiger partial charge in [-0.2, -0.15) is 5.10 Å². The highest BCUT2D eigenvalue weighted by atomic mass is 79.9. The van der Waals surface area contributed by atoms with Crippen molar-refractivity contribution in [1.82, 2.24) is 9.78 Å². The molecule has 1 aliphatic rings. The Balaban J connectivity index is 2.01. The van der Waals surface area contributed by atoms with Crippen LogP contribution >= 0.6 is 15.9 Å². The number of carbonyl (C=O) groups excluding carboxylic acids is 1. The summed E-state index contributed by atoms with van der Waals surface area (Å²) >= 11 is 3.39. The molecule has 0 atom stereocenters. The summed E-state index contributed by atoms with van der Waals surface area (Å²) in [4.78, 5) is 16.3. The van der Waals surface area contributed by atoms with Crippen LogP contribution in [0.2, 0.25) is 0 Å². The number of rotatable bonds is 2. The van der Waals surface area contributed by atoms with Crippen LogP contribution in [0.15, 0.2) is 39.4 Å². The molecule has 0 unspecified atom stereocenters. The number of aryl methyl sites for hydroxylation is 2. The minimum Gasteiger partial charge on any atom is -0.402 e. The molecule has 3 rings (SSSR count). The van der Waals surface area contributed by atoms with Gasteiger partial charge in [0, 0.05) is 28.3 Å². The van der Waals surface area contributed by atoms with Gasteiger partial charge < -0.3 is 4.74 Å². The second kappa shape index (κ2) is 5.53. The molecule has 6 heteroatoms. The van der Waals surface area contributed by atoms with Crippen LogP contribution in [0.4, 0.5) is 0 Å². The molecule has 22 heavy (non-hydrogen) atoms. The predicted molar refractivity (Wildman–Crippen MR) is 87.4 cm³/mol. The van der Waals surface area contributed by atoms with Crippen LogP contribution in [0.5, 0.6) is 0 Å². The normalized spacial score (nSPS) is 16.1. The number of benzene rings is 1. The van der Waals surface area contributed by atoms with Crippen LogP contribution in [0.3, 0.4) is 0 Å². The fourth-order valence-corrected chi connectivity index (χ4v) is 2.69. The quantitative estimate of drug-likeness (QED) is 0.611. The molecule has 112 valence electrons. The molecule has 2 aromatic rings. The maximum atomic E-state index is 12.0. The zero-order chi connectivity index (χ0) is 15.9. The van der Waals surface area contributed by atoms with Gasteiger partial charge >= 0.3 is 5.97 Å². The van der Waals surface area contributed by atoms with Crippen molar-refractivity contribution < 1.29 is 9.53 Å². The number of hydrogen-bond donors (Lipinski definition) is 0. The zero-order valence-corrected chi connectivity index (χ0v) is 14.0. The summed E-state index contributed by atoms with van der Waals surface area (Å²) in [6.07, 6.45) is 1.73. The Hall–Kier alpha value is -2.21. The highest BCUT2D eigenvalue weighted by molar-refractivity contribution is 9.10. The standard InChI is InChI=1S/C16H14BrN3O2/c1-9-13(10(2)20(3)19-9)8-14-16(21)22-15(18-14)11-5-4-6-12(17)7-11/h4-8H,1-3H3. The molecular formula is C16H14BrN3O2. The fourth-order valence-electron chi connectivity index (χ4n) is 2.29. The maximum absolute atomic E-state index is 12.0. The molecule has 0 radical (unpaired) electrons. The van der Waals surface area contributed by atoms with Crippen LogP contribution in [-0.4, -0.2) is 21.6 Å². The van der Waals surface area contributed by atoms with Crippen LogP contribution < -0.4 is 0 Å². The molecule has 2 heterocycles. The number of ether oxygens (including phenoxy) is 1. The molecule has 0 amide bonds. The third-order valence-electron chi connectivity index (χ3n) is 3.54. The van der Waals surface area contributed by atoms with Gasteiger partial charge in [0.2, 0.25) is 5.90 Å².